The van der Waals surface area contributed by atoms with Crippen LogP contribution in [0.3, 0.4) is 0 Å². The molecule has 154 valence electrons. The Morgan fingerprint density at radius 3 is 2.37 bits per heavy atom. The molecule has 0 saturated carbocycles. The van der Waals surface area contributed by atoms with E-state index in [2.05, 4.69) is 84.6 Å². The normalized spacial score (nSPS) is 19.5. The molecule has 1 atom stereocenters. The van der Waals surface area contributed by atoms with E-state index in [1.807, 2.05) is 7.05 Å². The van der Waals surface area contributed by atoms with Gasteiger partial charge in [0.25, 0.3) is 0 Å². The van der Waals surface area contributed by atoms with Crippen molar-refractivity contribution < 1.29 is 0 Å². The number of piperazine rings is 1. The lowest BCUT2D eigenvalue weighted by Crippen LogP contribution is -2.55. The van der Waals surface area contributed by atoms with Crippen LogP contribution in [0.2, 0.25) is 0 Å². The summed E-state index contributed by atoms with van der Waals surface area (Å²) in [7, 11) is 6.24. The minimum atomic E-state index is 0. The van der Waals surface area contributed by atoms with E-state index in [0.717, 1.165) is 45.1 Å². The Bertz CT molecular complexity index is 579. The maximum absolute atomic E-state index is 4.36. The maximum Gasteiger partial charge on any atom is 0.191 e. The van der Waals surface area contributed by atoms with Crippen LogP contribution >= 0.6 is 24.0 Å². The fourth-order valence-corrected chi connectivity index (χ4v) is 3.25. The van der Waals surface area contributed by atoms with Crippen LogP contribution in [0.25, 0.3) is 0 Å². The number of hydrogen-bond donors (Lipinski definition) is 2. The highest BCUT2D eigenvalue weighted by Crippen LogP contribution is 2.22. The Labute approximate surface area is 183 Å². The second-order valence-corrected chi connectivity index (χ2v) is 8.47. The van der Waals surface area contributed by atoms with Crippen LogP contribution in [0, 0.1) is 0 Å². The Balaban J connectivity index is 0.00000364. The van der Waals surface area contributed by atoms with Gasteiger partial charge in [0.1, 0.15) is 0 Å². The van der Waals surface area contributed by atoms with Crippen LogP contribution in [0.15, 0.2) is 29.3 Å². The summed E-state index contributed by atoms with van der Waals surface area (Å²) in [4.78, 5) is 9.18. The molecule has 1 aliphatic rings. The highest BCUT2D eigenvalue weighted by molar-refractivity contribution is 14.0. The molecule has 27 heavy (non-hydrogen) atoms. The minimum Gasteiger partial charge on any atom is -0.356 e. The van der Waals surface area contributed by atoms with Crippen molar-refractivity contribution >= 4 is 29.9 Å². The van der Waals surface area contributed by atoms with Gasteiger partial charge in [0.05, 0.1) is 0 Å². The average molecular weight is 487 g/mol. The largest absolute Gasteiger partial charge is 0.356 e. The predicted molar refractivity (Wildman–Crippen MR) is 128 cm³/mol. The fraction of sp³-hybridized carbons (Fsp3) is 0.667. The zero-order valence-electron chi connectivity index (χ0n) is 17.9. The van der Waals surface area contributed by atoms with Crippen molar-refractivity contribution in [2.75, 3.05) is 53.9 Å². The second kappa shape index (κ2) is 11.2. The molecule has 1 heterocycles. The van der Waals surface area contributed by atoms with Gasteiger partial charge in [0, 0.05) is 45.8 Å². The van der Waals surface area contributed by atoms with E-state index >= 15 is 0 Å². The molecule has 5 nitrogen and oxygen atoms in total. The molecule has 0 bridgehead atoms. The van der Waals surface area contributed by atoms with E-state index in [4.69, 9.17) is 0 Å². The molecule has 2 N–H and O–H groups in total. The third kappa shape index (κ3) is 7.95. The number of likely N-dealkylation sites (N-methyl/N-ethyl adjacent to an activating group) is 2. The molecule has 2 rings (SSSR count). The van der Waals surface area contributed by atoms with Crippen molar-refractivity contribution in [3.05, 3.63) is 35.4 Å². The third-order valence-corrected chi connectivity index (χ3v) is 5.24. The van der Waals surface area contributed by atoms with Crippen LogP contribution < -0.4 is 10.6 Å². The molecule has 0 radical (unpaired) electrons. The fourth-order valence-electron chi connectivity index (χ4n) is 3.25. The van der Waals surface area contributed by atoms with Crippen molar-refractivity contribution in [2.45, 2.75) is 38.6 Å². The van der Waals surface area contributed by atoms with E-state index in [1.54, 1.807) is 0 Å². The molecule has 0 spiro atoms. The first-order valence-corrected chi connectivity index (χ1v) is 9.72. The van der Waals surface area contributed by atoms with E-state index in [-0.39, 0.29) is 29.4 Å². The molecule has 1 unspecified atom stereocenters. The van der Waals surface area contributed by atoms with Crippen LogP contribution in [-0.2, 0) is 11.8 Å². The van der Waals surface area contributed by atoms with Gasteiger partial charge in [-0.15, -0.1) is 24.0 Å². The quantitative estimate of drug-likeness (QED) is 0.381. The number of nitrogens with zero attached hydrogens (tertiary/aromatic N) is 3. The summed E-state index contributed by atoms with van der Waals surface area (Å²) in [6.45, 7) is 11.9. The van der Waals surface area contributed by atoms with E-state index in [0.29, 0.717) is 6.04 Å². The van der Waals surface area contributed by atoms with Crippen molar-refractivity contribution in [3.8, 4) is 0 Å². The average Bonchev–Trinajstić information content (AvgIpc) is 2.60. The van der Waals surface area contributed by atoms with Crippen molar-refractivity contribution in [3.63, 3.8) is 0 Å². The number of halogens is 1. The topological polar surface area (TPSA) is 42.9 Å². The molecular weight excluding hydrogens is 449 g/mol. The molecule has 6 heteroatoms. The lowest BCUT2D eigenvalue weighted by Gasteiger charge is -2.37. The van der Waals surface area contributed by atoms with Gasteiger partial charge in [-0.3, -0.25) is 9.89 Å². The van der Waals surface area contributed by atoms with Gasteiger partial charge < -0.3 is 15.5 Å². The predicted octanol–water partition coefficient (Wildman–Crippen LogP) is 2.56. The number of aliphatic imine (C=N–C) groups is 1. The zero-order chi connectivity index (χ0) is 19.2. The summed E-state index contributed by atoms with van der Waals surface area (Å²) in [5, 5.41) is 6.91. The molecular formula is C21H38IN5. The molecule has 1 aliphatic heterocycles. The molecule has 0 amide bonds. The van der Waals surface area contributed by atoms with Crippen molar-refractivity contribution in [2.24, 2.45) is 4.99 Å². The van der Waals surface area contributed by atoms with E-state index < -0.39 is 0 Å². The Kier molecular flexibility index (Phi) is 10.0. The molecule has 1 fully saturated rings. The van der Waals surface area contributed by atoms with Gasteiger partial charge in [-0.05, 0) is 37.1 Å². The lowest BCUT2D eigenvalue weighted by atomic mass is 9.86. The highest BCUT2D eigenvalue weighted by Gasteiger charge is 2.22. The first-order chi connectivity index (χ1) is 12.3. The zero-order valence-corrected chi connectivity index (χ0v) is 20.2. The number of guanidine groups is 1. The summed E-state index contributed by atoms with van der Waals surface area (Å²) in [6.07, 6.45) is 0.997. The van der Waals surface area contributed by atoms with Gasteiger partial charge in [-0.1, -0.05) is 45.0 Å². The standard InChI is InChI=1S/C21H37N5.HI/c1-21(2,3)18-9-7-17(8-10-18)11-12-23-20(22-4)24-15-19-16-25(5)13-14-26(19)6;/h7-10,19H,11-16H2,1-6H3,(H2,22,23,24);1H. The maximum atomic E-state index is 4.36. The SMILES string of the molecule is CN=C(NCCc1ccc(C(C)(C)C)cc1)NCC1CN(C)CCN1C.I. The van der Waals surface area contributed by atoms with Crippen LogP contribution in [-0.4, -0.2) is 75.7 Å². The monoisotopic (exact) mass is 487 g/mol. The lowest BCUT2D eigenvalue weighted by molar-refractivity contribution is 0.116. The van der Waals surface area contributed by atoms with Crippen molar-refractivity contribution in [1.82, 2.24) is 20.4 Å². The number of hydrogen-bond acceptors (Lipinski definition) is 3. The van der Waals surface area contributed by atoms with Gasteiger partial charge in [0.15, 0.2) is 5.96 Å². The Morgan fingerprint density at radius 1 is 1.11 bits per heavy atom. The first kappa shape index (κ1) is 24.2. The highest BCUT2D eigenvalue weighted by atomic mass is 127. The third-order valence-electron chi connectivity index (χ3n) is 5.24. The minimum absolute atomic E-state index is 0. The van der Waals surface area contributed by atoms with Crippen LogP contribution in [0.5, 0.6) is 0 Å². The Hall–Kier alpha value is -0.860. The second-order valence-electron chi connectivity index (χ2n) is 8.47. The molecule has 1 aromatic rings. The smallest absolute Gasteiger partial charge is 0.191 e. The van der Waals surface area contributed by atoms with Gasteiger partial charge in [0.2, 0.25) is 0 Å². The summed E-state index contributed by atoms with van der Waals surface area (Å²) in [5.41, 5.74) is 2.95. The van der Waals surface area contributed by atoms with Crippen LogP contribution in [0.4, 0.5) is 0 Å². The van der Waals surface area contributed by atoms with Crippen LogP contribution in [0.1, 0.15) is 31.9 Å². The summed E-state index contributed by atoms with van der Waals surface area (Å²) in [5.74, 6) is 0.887. The van der Waals surface area contributed by atoms with Crippen molar-refractivity contribution in [1.29, 1.82) is 0 Å². The Morgan fingerprint density at radius 2 is 1.78 bits per heavy atom. The number of nitrogens with one attached hydrogen (secondary N) is 2. The molecule has 1 aromatic carbocycles. The van der Waals surface area contributed by atoms with Gasteiger partial charge in [-0.2, -0.15) is 0 Å². The summed E-state index contributed by atoms with van der Waals surface area (Å²) >= 11 is 0. The number of rotatable bonds is 5. The molecule has 0 aliphatic carbocycles. The molecule has 0 aromatic heterocycles. The number of benzene rings is 1. The molecule has 1 saturated heterocycles. The van der Waals surface area contributed by atoms with Gasteiger partial charge in [-0.25, -0.2) is 0 Å². The van der Waals surface area contributed by atoms with Gasteiger partial charge >= 0.3 is 0 Å². The van der Waals surface area contributed by atoms with E-state index in [1.165, 1.54) is 11.1 Å². The summed E-state index contributed by atoms with van der Waals surface area (Å²) < 4.78 is 0. The summed E-state index contributed by atoms with van der Waals surface area (Å²) in [6, 6.07) is 9.50. The first-order valence-electron chi connectivity index (χ1n) is 9.72. The van der Waals surface area contributed by atoms with E-state index in [9.17, 15) is 0 Å².